The molecule has 0 spiro atoms. The van der Waals surface area contributed by atoms with Crippen molar-refractivity contribution >= 4 is 29.3 Å². The molecule has 1 N–H and O–H groups in total. The predicted octanol–water partition coefficient (Wildman–Crippen LogP) is 5.81. The molecule has 0 atom stereocenters. The van der Waals surface area contributed by atoms with Gasteiger partial charge in [0.1, 0.15) is 5.82 Å². The topological polar surface area (TPSA) is 49.4 Å². The average molecular weight is 447 g/mol. The lowest BCUT2D eigenvalue weighted by molar-refractivity contribution is 0.0935. The van der Waals surface area contributed by atoms with Gasteiger partial charge in [-0.05, 0) is 60.9 Å². The highest BCUT2D eigenvalue weighted by Crippen LogP contribution is 2.42. The fourth-order valence-corrected chi connectivity index (χ4v) is 5.43. The monoisotopic (exact) mass is 446 g/mol. The minimum atomic E-state index is -0.343. The molecule has 0 radical (unpaired) electrons. The van der Waals surface area contributed by atoms with Gasteiger partial charge in [-0.15, -0.1) is 0 Å². The first-order chi connectivity index (χ1) is 15.6. The van der Waals surface area contributed by atoms with E-state index in [9.17, 15) is 14.0 Å². The zero-order chi connectivity index (χ0) is 22.1. The Morgan fingerprint density at radius 2 is 1.81 bits per heavy atom. The minimum Gasteiger partial charge on any atom is -0.349 e. The number of fused-ring (bicyclic) bond motifs is 2. The van der Waals surface area contributed by atoms with Crippen molar-refractivity contribution in [2.24, 2.45) is 0 Å². The van der Waals surface area contributed by atoms with E-state index in [2.05, 4.69) is 5.32 Å². The summed E-state index contributed by atoms with van der Waals surface area (Å²) >= 11 is 1.51. The fraction of sp³-hybridized carbons (Fsp3) is 0.231. The summed E-state index contributed by atoms with van der Waals surface area (Å²) in [5.74, 6) is -0.626. The lowest BCUT2D eigenvalue weighted by Gasteiger charge is -2.24. The standard InChI is InChI=1S/C26H23FN2O2S/c27-19-7-5-6-17(14-19)16-29-22-15-18(25(30)28-20-8-1-2-9-20)12-13-24(22)32-23-11-4-3-10-21(23)26(29)31/h3-7,10-15,20H,1-2,8-9,16H2,(H,28,30). The third-order valence-electron chi connectivity index (χ3n) is 6.01. The van der Waals surface area contributed by atoms with Crippen LogP contribution in [-0.4, -0.2) is 17.9 Å². The minimum absolute atomic E-state index is 0.121. The summed E-state index contributed by atoms with van der Waals surface area (Å²) < 4.78 is 13.8. The number of nitrogens with one attached hydrogen (secondary N) is 1. The average Bonchev–Trinajstić information content (AvgIpc) is 3.27. The molecule has 2 aliphatic rings. The van der Waals surface area contributed by atoms with Gasteiger partial charge in [-0.1, -0.05) is 48.9 Å². The molecule has 1 aliphatic heterocycles. The predicted molar refractivity (Wildman–Crippen MR) is 124 cm³/mol. The molecule has 3 aromatic carbocycles. The normalized spacial score (nSPS) is 15.8. The van der Waals surface area contributed by atoms with Crippen molar-refractivity contribution in [1.29, 1.82) is 0 Å². The Kier molecular flexibility index (Phi) is 5.70. The largest absolute Gasteiger partial charge is 0.349 e. The van der Waals surface area contributed by atoms with Crippen LogP contribution in [0.25, 0.3) is 0 Å². The second-order valence-corrected chi connectivity index (χ2v) is 9.34. The molecule has 0 unspecified atom stereocenters. The highest BCUT2D eigenvalue weighted by atomic mass is 32.2. The Morgan fingerprint density at radius 3 is 2.62 bits per heavy atom. The highest BCUT2D eigenvalue weighted by Gasteiger charge is 2.28. The maximum atomic E-state index is 13.8. The lowest BCUT2D eigenvalue weighted by Crippen LogP contribution is -2.33. The number of hydrogen-bond donors (Lipinski definition) is 1. The molecule has 0 aromatic heterocycles. The van der Waals surface area contributed by atoms with Crippen LogP contribution >= 0.6 is 11.8 Å². The third kappa shape index (κ3) is 4.15. The van der Waals surface area contributed by atoms with E-state index < -0.39 is 0 Å². The molecule has 4 nitrogen and oxygen atoms in total. The van der Waals surface area contributed by atoms with Gasteiger partial charge in [-0.2, -0.15) is 0 Å². The quantitative estimate of drug-likeness (QED) is 0.550. The summed E-state index contributed by atoms with van der Waals surface area (Å²) in [5, 5.41) is 3.12. The summed E-state index contributed by atoms with van der Waals surface area (Å²) in [6.07, 6.45) is 4.29. The SMILES string of the molecule is O=C(NC1CCCC1)c1ccc2c(c1)N(Cc1cccc(F)c1)C(=O)c1ccccc1S2. The van der Waals surface area contributed by atoms with Gasteiger partial charge in [0.15, 0.2) is 0 Å². The van der Waals surface area contributed by atoms with Crippen molar-refractivity contribution in [1.82, 2.24) is 5.32 Å². The van der Waals surface area contributed by atoms with E-state index in [4.69, 9.17) is 0 Å². The summed E-state index contributed by atoms with van der Waals surface area (Å²) in [5.41, 5.74) is 2.48. The molecule has 32 heavy (non-hydrogen) atoms. The number of benzene rings is 3. The van der Waals surface area contributed by atoms with Crippen LogP contribution in [0.5, 0.6) is 0 Å². The molecule has 162 valence electrons. The van der Waals surface area contributed by atoms with Crippen LogP contribution in [0.2, 0.25) is 0 Å². The van der Waals surface area contributed by atoms with Gasteiger partial charge in [0, 0.05) is 21.4 Å². The maximum absolute atomic E-state index is 13.8. The van der Waals surface area contributed by atoms with Crippen molar-refractivity contribution in [3.05, 3.63) is 89.2 Å². The van der Waals surface area contributed by atoms with Crippen LogP contribution in [0.1, 0.15) is 52.0 Å². The van der Waals surface area contributed by atoms with Crippen LogP contribution in [0.15, 0.2) is 76.5 Å². The summed E-state index contributed by atoms with van der Waals surface area (Å²) in [4.78, 5) is 29.9. The van der Waals surface area contributed by atoms with Gasteiger partial charge in [0.25, 0.3) is 11.8 Å². The summed E-state index contributed by atoms with van der Waals surface area (Å²) in [6.45, 7) is 0.214. The fourth-order valence-electron chi connectivity index (χ4n) is 4.38. The van der Waals surface area contributed by atoms with E-state index in [1.165, 1.54) is 23.9 Å². The van der Waals surface area contributed by atoms with E-state index in [0.717, 1.165) is 35.5 Å². The number of amides is 2. The van der Waals surface area contributed by atoms with Gasteiger partial charge in [-0.25, -0.2) is 4.39 Å². The first-order valence-corrected chi connectivity index (χ1v) is 11.7. The molecule has 1 saturated carbocycles. The van der Waals surface area contributed by atoms with E-state index in [0.29, 0.717) is 22.4 Å². The van der Waals surface area contributed by atoms with Crippen molar-refractivity contribution in [3.8, 4) is 0 Å². The Bertz CT molecular complexity index is 1190. The highest BCUT2D eigenvalue weighted by molar-refractivity contribution is 7.99. The number of nitrogens with zero attached hydrogens (tertiary/aromatic N) is 1. The maximum Gasteiger partial charge on any atom is 0.259 e. The number of carbonyl (C=O) groups excluding carboxylic acids is 2. The van der Waals surface area contributed by atoms with Crippen LogP contribution in [-0.2, 0) is 6.54 Å². The molecule has 3 aromatic rings. The molecule has 1 aliphatic carbocycles. The lowest BCUT2D eigenvalue weighted by atomic mass is 10.1. The van der Waals surface area contributed by atoms with Crippen molar-refractivity contribution in [2.45, 2.75) is 48.1 Å². The number of anilines is 1. The molecule has 0 bridgehead atoms. The van der Waals surface area contributed by atoms with Crippen LogP contribution in [0, 0.1) is 5.82 Å². The van der Waals surface area contributed by atoms with Gasteiger partial charge in [0.05, 0.1) is 17.8 Å². The van der Waals surface area contributed by atoms with Crippen LogP contribution in [0.4, 0.5) is 10.1 Å². The van der Waals surface area contributed by atoms with Crippen LogP contribution < -0.4 is 10.2 Å². The molecule has 6 heteroatoms. The first kappa shape index (κ1) is 20.8. The number of halogens is 1. The van der Waals surface area contributed by atoms with Gasteiger partial charge >= 0.3 is 0 Å². The van der Waals surface area contributed by atoms with E-state index in [1.54, 1.807) is 23.1 Å². The van der Waals surface area contributed by atoms with Gasteiger partial charge < -0.3 is 10.2 Å². The number of hydrogen-bond acceptors (Lipinski definition) is 3. The Balaban J connectivity index is 1.55. The van der Waals surface area contributed by atoms with E-state index >= 15 is 0 Å². The van der Waals surface area contributed by atoms with Gasteiger partial charge in [0.2, 0.25) is 0 Å². The Morgan fingerprint density at radius 1 is 1.00 bits per heavy atom. The summed E-state index contributed by atoms with van der Waals surface area (Å²) in [7, 11) is 0. The van der Waals surface area contributed by atoms with Crippen LogP contribution in [0.3, 0.4) is 0 Å². The zero-order valence-corrected chi connectivity index (χ0v) is 18.3. The van der Waals surface area contributed by atoms with Crippen molar-refractivity contribution in [3.63, 3.8) is 0 Å². The van der Waals surface area contributed by atoms with E-state index in [1.807, 2.05) is 36.4 Å². The summed E-state index contributed by atoms with van der Waals surface area (Å²) in [6, 6.07) is 19.5. The van der Waals surface area contributed by atoms with Crippen molar-refractivity contribution < 1.29 is 14.0 Å². The second kappa shape index (κ2) is 8.79. The smallest absolute Gasteiger partial charge is 0.259 e. The third-order valence-corrected chi connectivity index (χ3v) is 7.16. The molecule has 1 heterocycles. The molecule has 0 saturated heterocycles. The van der Waals surface area contributed by atoms with E-state index in [-0.39, 0.29) is 30.2 Å². The number of carbonyl (C=O) groups is 2. The first-order valence-electron chi connectivity index (χ1n) is 10.9. The number of rotatable bonds is 4. The van der Waals surface area contributed by atoms with Crippen molar-refractivity contribution in [2.75, 3.05) is 4.90 Å². The Hall–Kier alpha value is -3.12. The zero-order valence-electron chi connectivity index (χ0n) is 17.5. The molecule has 2 amide bonds. The molecule has 1 fully saturated rings. The molecule has 5 rings (SSSR count). The molecular formula is C26H23FN2O2S. The second-order valence-electron chi connectivity index (χ2n) is 8.26. The van der Waals surface area contributed by atoms with Gasteiger partial charge in [-0.3, -0.25) is 9.59 Å². The Labute approximate surface area is 190 Å². The molecular weight excluding hydrogens is 423 g/mol.